The fraction of sp³-hybridized carbons (Fsp3) is 1.00. The van der Waals surface area contributed by atoms with Gasteiger partial charge in [0.15, 0.2) is 0 Å². The van der Waals surface area contributed by atoms with Gasteiger partial charge in [0.1, 0.15) is 0 Å². The van der Waals surface area contributed by atoms with Crippen LogP contribution in [0.5, 0.6) is 0 Å². The van der Waals surface area contributed by atoms with Crippen molar-refractivity contribution in [2.45, 2.75) is 52.2 Å². The number of rotatable bonds is 4. The molecule has 0 aromatic heterocycles. The van der Waals surface area contributed by atoms with E-state index in [0.29, 0.717) is 30.0 Å². The number of hydrogen-bond donors (Lipinski definition) is 2. The van der Waals surface area contributed by atoms with Crippen molar-refractivity contribution in [3.63, 3.8) is 0 Å². The molecule has 5 atom stereocenters. The van der Waals surface area contributed by atoms with Crippen LogP contribution in [0.4, 0.5) is 0 Å². The van der Waals surface area contributed by atoms with Gasteiger partial charge in [0.25, 0.3) is 0 Å². The molecular formula is C13H28N2O. The lowest BCUT2D eigenvalue weighted by atomic mass is 9.88. The van der Waals surface area contributed by atoms with E-state index in [0.717, 1.165) is 0 Å². The normalized spacial score (nSPS) is 36.0. The maximum atomic E-state index is 9.15. The second-order valence-electron chi connectivity index (χ2n) is 5.72. The van der Waals surface area contributed by atoms with Crippen molar-refractivity contribution in [3.8, 4) is 0 Å². The highest BCUT2D eigenvalue weighted by Crippen LogP contribution is 2.21. The zero-order valence-corrected chi connectivity index (χ0v) is 11.4. The van der Waals surface area contributed by atoms with Crippen LogP contribution in [0.2, 0.25) is 0 Å². The van der Waals surface area contributed by atoms with Gasteiger partial charge in [-0.25, -0.2) is 0 Å². The highest BCUT2D eigenvalue weighted by atomic mass is 16.3. The summed E-state index contributed by atoms with van der Waals surface area (Å²) in [5, 5.41) is 12.8. The minimum Gasteiger partial charge on any atom is -0.396 e. The van der Waals surface area contributed by atoms with Crippen LogP contribution < -0.4 is 5.32 Å². The Morgan fingerprint density at radius 3 is 2.56 bits per heavy atom. The molecule has 3 heteroatoms. The lowest BCUT2D eigenvalue weighted by molar-refractivity contribution is 0.106. The summed E-state index contributed by atoms with van der Waals surface area (Å²) in [6.07, 6.45) is 1.21. The molecule has 0 aromatic carbocycles. The summed E-state index contributed by atoms with van der Waals surface area (Å²) in [6, 6.07) is 1.65. The molecule has 1 aliphatic heterocycles. The van der Waals surface area contributed by atoms with Gasteiger partial charge in [-0.3, -0.25) is 0 Å². The molecule has 1 rings (SSSR count). The third kappa shape index (κ3) is 3.44. The van der Waals surface area contributed by atoms with Crippen molar-refractivity contribution in [1.82, 2.24) is 10.2 Å². The van der Waals surface area contributed by atoms with Crippen molar-refractivity contribution in [3.05, 3.63) is 0 Å². The zero-order valence-electron chi connectivity index (χ0n) is 11.4. The van der Waals surface area contributed by atoms with Gasteiger partial charge < -0.3 is 15.3 Å². The summed E-state index contributed by atoms with van der Waals surface area (Å²) in [4.78, 5) is 2.43. The van der Waals surface area contributed by atoms with E-state index in [9.17, 15) is 0 Å². The predicted molar refractivity (Wildman–Crippen MR) is 68.5 cm³/mol. The fourth-order valence-electron chi connectivity index (χ4n) is 2.43. The van der Waals surface area contributed by atoms with E-state index in [1.807, 2.05) is 0 Å². The van der Waals surface area contributed by atoms with Gasteiger partial charge in [-0.05, 0) is 39.2 Å². The monoisotopic (exact) mass is 228 g/mol. The molecule has 0 amide bonds. The minimum atomic E-state index is 0.269. The van der Waals surface area contributed by atoms with Crippen molar-refractivity contribution < 1.29 is 5.11 Å². The van der Waals surface area contributed by atoms with Crippen molar-refractivity contribution >= 4 is 0 Å². The highest BCUT2D eigenvalue weighted by molar-refractivity contribution is 4.88. The first-order valence-electron chi connectivity index (χ1n) is 6.52. The molecular weight excluding hydrogens is 200 g/mol. The quantitative estimate of drug-likeness (QED) is 0.762. The number of piperidine rings is 1. The van der Waals surface area contributed by atoms with Crippen LogP contribution in [-0.4, -0.2) is 48.3 Å². The van der Waals surface area contributed by atoms with Gasteiger partial charge in [-0.1, -0.05) is 13.8 Å². The van der Waals surface area contributed by atoms with Crippen LogP contribution in [0.3, 0.4) is 0 Å². The Morgan fingerprint density at radius 1 is 1.38 bits per heavy atom. The molecule has 16 heavy (non-hydrogen) atoms. The Hall–Kier alpha value is -0.120. The molecule has 2 N–H and O–H groups in total. The largest absolute Gasteiger partial charge is 0.396 e. The van der Waals surface area contributed by atoms with Gasteiger partial charge in [0, 0.05) is 31.3 Å². The molecule has 0 aliphatic carbocycles. The van der Waals surface area contributed by atoms with Crippen molar-refractivity contribution in [2.24, 2.45) is 11.8 Å². The molecule has 1 aliphatic rings. The Balaban J connectivity index is 2.47. The molecule has 0 radical (unpaired) electrons. The van der Waals surface area contributed by atoms with E-state index in [1.54, 1.807) is 0 Å². The molecule has 1 saturated heterocycles. The molecule has 1 heterocycles. The average molecular weight is 228 g/mol. The summed E-state index contributed by atoms with van der Waals surface area (Å²) in [6.45, 7) is 10.3. The average Bonchev–Trinajstić information content (AvgIpc) is 2.24. The van der Waals surface area contributed by atoms with Crippen molar-refractivity contribution in [2.75, 3.05) is 20.2 Å². The van der Waals surface area contributed by atoms with E-state index in [2.05, 4.69) is 45.0 Å². The first kappa shape index (κ1) is 13.9. The van der Waals surface area contributed by atoms with Gasteiger partial charge in [-0.2, -0.15) is 0 Å². The van der Waals surface area contributed by atoms with Crippen LogP contribution in [0.15, 0.2) is 0 Å². The number of nitrogens with one attached hydrogen (secondary N) is 1. The maximum absolute atomic E-state index is 9.15. The Kier molecular flexibility index (Phi) is 5.22. The topological polar surface area (TPSA) is 35.5 Å². The van der Waals surface area contributed by atoms with E-state index in [1.165, 1.54) is 13.0 Å². The number of aliphatic hydroxyl groups is 1. The van der Waals surface area contributed by atoms with E-state index >= 15 is 0 Å². The summed E-state index contributed by atoms with van der Waals surface area (Å²) >= 11 is 0. The van der Waals surface area contributed by atoms with Crippen LogP contribution in [-0.2, 0) is 0 Å². The third-order valence-corrected chi connectivity index (χ3v) is 4.23. The molecule has 0 spiro atoms. The number of hydrogen-bond acceptors (Lipinski definition) is 3. The molecule has 5 unspecified atom stereocenters. The predicted octanol–water partition coefficient (Wildman–Crippen LogP) is 1.32. The Bertz CT molecular complexity index is 210. The zero-order chi connectivity index (χ0) is 12.3. The molecule has 1 fully saturated rings. The standard InChI is InChI=1S/C13H28N2O/c1-9-7-15(5)11(3)6-13(9)14-12(4)10(2)8-16/h9-14,16H,6-8H2,1-5H3. The van der Waals surface area contributed by atoms with E-state index < -0.39 is 0 Å². The third-order valence-electron chi connectivity index (χ3n) is 4.23. The fourth-order valence-corrected chi connectivity index (χ4v) is 2.43. The minimum absolute atomic E-state index is 0.269. The lowest BCUT2D eigenvalue weighted by Crippen LogP contribution is -2.54. The second-order valence-corrected chi connectivity index (χ2v) is 5.72. The SMILES string of the molecule is CC(CO)C(C)NC1CC(C)N(C)CC1C. The van der Waals surface area contributed by atoms with Crippen LogP contribution in [0, 0.1) is 11.8 Å². The molecule has 0 aromatic rings. The second kappa shape index (κ2) is 5.99. The highest BCUT2D eigenvalue weighted by Gasteiger charge is 2.30. The maximum Gasteiger partial charge on any atom is 0.0471 e. The van der Waals surface area contributed by atoms with E-state index in [4.69, 9.17) is 5.11 Å². The number of aliphatic hydroxyl groups excluding tert-OH is 1. The van der Waals surface area contributed by atoms with Crippen LogP contribution in [0.25, 0.3) is 0 Å². The smallest absolute Gasteiger partial charge is 0.0471 e. The molecule has 0 saturated carbocycles. The summed E-state index contributed by atoms with van der Waals surface area (Å²) in [7, 11) is 2.21. The van der Waals surface area contributed by atoms with Crippen LogP contribution in [0.1, 0.15) is 34.1 Å². The van der Waals surface area contributed by atoms with Gasteiger partial charge in [0.2, 0.25) is 0 Å². The van der Waals surface area contributed by atoms with E-state index in [-0.39, 0.29) is 6.61 Å². The lowest BCUT2D eigenvalue weighted by Gasteiger charge is -2.41. The molecule has 0 bridgehead atoms. The first-order valence-corrected chi connectivity index (χ1v) is 6.52. The van der Waals surface area contributed by atoms with Crippen molar-refractivity contribution in [1.29, 1.82) is 0 Å². The van der Waals surface area contributed by atoms with Gasteiger partial charge in [-0.15, -0.1) is 0 Å². The summed E-state index contributed by atoms with van der Waals surface area (Å²) in [5.74, 6) is 1.02. The molecule has 3 nitrogen and oxygen atoms in total. The Labute approximate surface area is 100 Å². The van der Waals surface area contributed by atoms with Gasteiger partial charge >= 0.3 is 0 Å². The summed E-state index contributed by atoms with van der Waals surface area (Å²) < 4.78 is 0. The summed E-state index contributed by atoms with van der Waals surface area (Å²) in [5.41, 5.74) is 0. The number of likely N-dealkylation sites (tertiary alicyclic amines) is 1. The first-order chi connectivity index (χ1) is 7.45. The van der Waals surface area contributed by atoms with Gasteiger partial charge in [0.05, 0.1) is 0 Å². The van der Waals surface area contributed by atoms with Crippen LogP contribution >= 0.6 is 0 Å². The number of nitrogens with zero attached hydrogens (tertiary/aromatic N) is 1. The molecule has 96 valence electrons. The Morgan fingerprint density at radius 2 is 2.00 bits per heavy atom.